The van der Waals surface area contributed by atoms with E-state index in [1.54, 1.807) is 7.11 Å². The molecule has 13 heavy (non-hydrogen) atoms. The van der Waals surface area contributed by atoms with E-state index < -0.39 is 0 Å². The number of likely N-dealkylation sites (tertiary alicyclic amines) is 1. The lowest BCUT2D eigenvalue weighted by molar-refractivity contribution is -0.149. The van der Waals surface area contributed by atoms with Crippen LogP contribution in [0.3, 0.4) is 0 Å². The first kappa shape index (κ1) is 10.5. The molecule has 1 heterocycles. The molecule has 0 N–H and O–H groups in total. The first-order chi connectivity index (χ1) is 6.19. The van der Waals surface area contributed by atoms with Crippen molar-refractivity contribution in [2.75, 3.05) is 27.8 Å². The highest BCUT2D eigenvalue weighted by Crippen LogP contribution is 2.18. The van der Waals surface area contributed by atoms with Gasteiger partial charge in [0.2, 0.25) is 0 Å². The zero-order valence-electron chi connectivity index (χ0n) is 8.45. The van der Waals surface area contributed by atoms with E-state index >= 15 is 0 Å². The second-order valence-corrected chi connectivity index (χ2v) is 3.40. The average Bonchev–Trinajstić information content (AvgIpc) is 2.17. The third kappa shape index (κ3) is 2.42. The number of hydrogen-bond donors (Lipinski definition) is 0. The Morgan fingerprint density at radius 3 is 2.69 bits per heavy atom. The van der Waals surface area contributed by atoms with Crippen LogP contribution in [0, 0.1) is 0 Å². The van der Waals surface area contributed by atoms with Crippen LogP contribution in [0.4, 0.5) is 0 Å². The van der Waals surface area contributed by atoms with E-state index in [1.807, 2.05) is 11.9 Å². The molecular formula is C9H17NO3. The molecule has 0 radical (unpaired) electrons. The zero-order valence-corrected chi connectivity index (χ0v) is 8.45. The summed E-state index contributed by atoms with van der Waals surface area (Å²) in [5.74, 6) is -0.163. The molecule has 1 saturated heterocycles. The fourth-order valence-corrected chi connectivity index (χ4v) is 1.68. The highest BCUT2D eigenvalue weighted by Gasteiger charge is 2.31. The SMILES string of the molecule is COC(=O)C1CC(OC)CCN1C. The molecule has 2 unspecified atom stereocenters. The molecule has 1 aliphatic rings. The van der Waals surface area contributed by atoms with Crippen LogP contribution in [-0.2, 0) is 14.3 Å². The van der Waals surface area contributed by atoms with E-state index in [1.165, 1.54) is 7.11 Å². The molecule has 0 aromatic heterocycles. The quantitative estimate of drug-likeness (QED) is 0.582. The summed E-state index contributed by atoms with van der Waals surface area (Å²) in [6.07, 6.45) is 1.92. The monoisotopic (exact) mass is 187 g/mol. The van der Waals surface area contributed by atoms with E-state index in [-0.39, 0.29) is 18.1 Å². The number of rotatable bonds is 2. The predicted octanol–water partition coefficient (Wildman–Crippen LogP) is 0.269. The van der Waals surface area contributed by atoms with Gasteiger partial charge in [0, 0.05) is 13.7 Å². The minimum absolute atomic E-state index is 0.135. The standard InChI is InChI=1S/C9H17NO3/c1-10-5-4-7(12-2)6-8(10)9(11)13-3/h7-8H,4-6H2,1-3H3. The van der Waals surface area contributed by atoms with Crippen molar-refractivity contribution >= 4 is 5.97 Å². The second-order valence-electron chi connectivity index (χ2n) is 3.40. The minimum Gasteiger partial charge on any atom is -0.468 e. The summed E-state index contributed by atoms with van der Waals surface area (Å²) in [6.45, 7) is 0.887. The van der Waals surface area contributed by atoms with E-state index in [0.29, 0.717) is 0 Å². The summed E-state index contributed by atoms with van der Waals surface area (Å²) >= 11 is 0. The van der Waals surface area contributed by atoms with Crippen molar-refractivity contribution in [3.63, 3.8) is 0 Å². The Balaban J connectivity index is 2.54. The molecule has 0 amide bonds. The normalized spacial score (nSPS) is 30.1. The molecule has 0 aromatic carbocycles. The Morgan fingerprint density at radius 2 is 2.15 bits per heavy atom. The van der Waals surface area contributed by atoms with Crippen LogP contribution in [0.1, 0.15) is 12.8 Å². The van der Waals surface area contributed by atoms with Crippen LogP contribution in [0.15, 0.2) is 0 Å². The lowest BCUT2D eigenvalue weighted by atomic mass is 10.0. The Bertz CT molecular complexity index is 184. The lowest BCUT2D eigenvalue weighted by Gasteiger charge is -2.34. The van der Waals surface area contributed by atoms with Crippen molar-refractivity contribution in [1.29, 1.82) is 0 Å². The van der Waals surface area contributed by atoms with Crippen molar-refractivity contribution in [2.45, 2.75) is 25.0 Å². The van der Waals surface area contributed by atoms with Gasteiger partial charge in [-0.3, -0.25) is 9.69 Å². The largest absolute Gasteiger partial charge is 0.468 e. The number of carbonyl (C=O) groups excluding carboxylic acids is 1. The van der Waals surface area contributed by atoms with Gasteiger partial charge >= 0.3 is 5.97 Å². The molecule has 0 bridgehead atoms. The Labute approximate surface area is 78.8 Å². The fourth-order valence-electron chi connectivity index (χ4n) is 1.68. The number of piperidine rings is 1. The van der Waals surface area contributed by atoms with Gasteiger partial charge < -0.3 is 9.47 Å². The number of hydrogen-bond acceptors (Lipinski definition) is 4. The fraction of sp³-hybridized carbons (Fsp3) is 0.889. The van der Waals surface area contributed by atoms with Gasteiger partial charge in [-0.05, 0) is 19.9 Å². The maximum atomic E-state index is 11.3. The molecular weight excluding hydrogens is 170 g/mol. The molecule has 4 heteroatoms. The van der Waals surface area contributed by atoms with Gasteiger partial charge in [0.15, 0.2) is 0 Å². The van der Waals surface area contributed by atoms with E-state index in [2.05, 4.69) is 0 Å². The molecule has 1 fully saturated rings. The van der Waals surface area contributed by atoms with Gasteiger partial charge in [0.1, 0.15) is 6.04 Å². The lowest BCUT2D eigenvalue weighted by Crippen LogP contribution is -2.47. The number of likely N-dealkylation sites (N-methyl/N-ethyl adjacent to an activating group) is 1. The third-order valence-electron chi connectivity index (χ3n) is 2.63. The molecule has 0 saturated carbocycles. The molecule has 1 rings (SSSR count). The van der Waals surface area contributed by atoms with Crippen molar-refractivity contribution in [3.05, 3.63) is 0 Å². The number of carbonyl (C=O) groups is 1. The highest BCUT2D eigenvalue weighted by molar-refractivity contribution is 5.75. The molecule has 76 valence electrons. The van der Waals surface area contributed by atoms with Gasteiger partial charge in [-0.1, -0.05) is 0 Å². The maximum Gasteiger partial charge on any atom is 0.323 e. The van der Waals surface area contributed by atoms with Crippen molar-refractivity contribution in [1.82, 2.24) is 4.90 Å². The van der Waals surface area contributed by atoms with Gasteiger partial charge in [-0.15, -0.1) is 0 Å². The van der Waals surface area contributed by atoms with E-state index in [9.17, 15) is 4.79 Å². The number of ether oxygens (including phenoxy) is 2. The number of nitrogens with zero attached hydrogens (tertiary/aromatic N) is 1. The topological polar surface area (TPSA) is 38.8 Å². The van der Waals surface area contributed by atoms with Crippen LogP contribution in [0.25, 0.3) is 0 Å². The summed E-state index contributed by atoms with van der Waals surface area (Å²) in [7, 11) is 5.05. The smallest absolute Gasteiger partial charge is 0.323 e. The number of methoxy groups -OCH3 is 2. The van der Waals surface area contributed by atoms with Crippen molar-refractivity contribution in [2.24, 2.45) is 0 Å². The molecule has 0 aliphatic carbocycles. The zero-order chi connectivity index (χ0) is 9.84. The van der Waals surface area contributed by atoms with Gasteiger partial charge in [-0.25, -0.2) is 0 Å². The highest BCUT2D eigenvalue weighted by atomic mass is 16.5. The van der Waals surface area contributed by atoms with E-state index in [0.717, 1.165) is 19.4 Å². The molecule has 0 spiro atoms. The van der Waals surface area contributed by atoms with Crippen LogP contribution >= 0.6 is 0 Å². The van der Waals surface area contributed by atoms with Crippen LogP contribution in [-0.4, -0.2) is 50.8 Å². The molecule has 2 atom stereocenters. The first-order valence-electron chi connectivity index (χ1n) is 4.50. The molecule has 4 nitrogen and oxygen atoms in total. The van der Waals surface area contributed by atoms with Crippen molar-refractivity contribution < 1.29 is 14.3 Å². The summed E-state index contributed by atoms with van der Waals surface area (Å²) in [5, 5.41) is 0. The Morgan fingerprint density at radius 1 is 1.46 bits per heavy atom. The molecule has 0 aromatic rings. The van der Waals surface area contributed by atoms with Gasteiger partial charge in [0.25, 0.3) is 0 Å². The third-order valence-corrected chi connectivity index (χ3v) is 2.63. The summed E-state index contributed by atoms with van der Waals surface area (Å²) in [6, 6.07) is -0.135. The molecule has 1 aliphatic heterocycles. The summed E-state index contributed by atoms with van der Waals surface area (Å²) < 4.78 is 9.95. The van der Waals surface area contributed by atoms with Gasteiger partial charge in [0.05, 0.1) is 13.2 Å². The van der Waals surface area contributed by atoms with Crippen LogP contribution in [0.5, 0.6) is 0 Å². The Hall–Kier alpha value is -0.610. The average molecular weight is 187 g/mol. The van der Waals surface area contributed by atoms with Crippen LogP contribution < -0.4 is 0 Å². The van der Waals surface area contributed by atoms with Crippen LogP contribution in [0.2, 0.25) is 0 Å². The van der Waals surface area contributed by atoms with Gasteiger partial charge in [-0.2, -0.15) is 0 Å². The summed E-state index contributed by atoms with van der Waals surface area (Å²) in [4.78, 5) is 13.3. The van der Waals surface area contributed by atoms with Crippen molar-refractivity contribution in [3.8, 4) is 0 Å². The number of esters is 1. The summed E-state index contributed by atoms with van der Waals surface area (Å²) in [5.41, 5.74) is 0. The Kier molecular flexibility index (Phi) is 3.69. The maximum absolute atomic E-state index is 11.3. The first-order valence-corrected chi connectivity index (χ1v) is 4.50. The second kappa shape index (κ2) is 4.58. The minimum atomic E-state index is -0.163. The predicted molar refractivity (Wildman–Crippen MR) is 48.5 cm³/mol. The van der Waals surface area contributed by atoms with E-state index in [4.69, 9.17) is 9.47 Å².